The zero-order valence-electron chi connectivity index (χ0n) is 11.1. The summed E-state index contributed by atoms with van der Waals surface area (Å²) in [4.78, 5) is 11.2. The van der Waals surface area contributed by atoms with Gasteiger partial charge in [-0.15, -0.1) is 0 Å². The second-order valence-corrected chi connectivity index (χ2v) is 7.23. The van der Waals surface area contributed by atoms with Crippen LogP contribution < -0.4 is 5.73 Å². The molecule has 0 aromatic carbocycles. The molecule has 4 nitrogen and oxygen atoms in total. The molecule has 106 valence electrons. The first kappa shape index (κ1) is 15.6. The molecule has 1 aliphatic rings. The van der Waals surface area contributed by atoms with Crippen molar-refractivity contribution in [1.29, 1.82) is 0 Å². The van der Waals surface area contributed by atoms with E-state index in [2.05, 4.69) is 6.92 Å². The molecule has 0 aromatic rings. The fourth-order valence-corrected chi connectivity index (χ4v) is 4.61. The Kier molecular flexibility index (Phi) is 6.86. The minimum Gasteiger partial charge on any atom is -0.480 e. The lowest BCUT2D eigenvalue weighted by Gasteiger charge is -2.28. The van der Waals surface area contributed by atoms with Crippen LogP contribution in [0.4, 0.5) is 0 Å². The van der Waals surface area contributed by atoms with Gasteiger partial charge in [0.15, 0.2) is 0 Å². The Morgan fingerprint density at radius 1 is 1.44 bits per heavy atom. The molecule has 0 amide bonds. The molecule has 18 heavy (non-hydrogen) atoms. The van der Waals surface area contributed by atoms with Crippen LogP contribution in [0.2, 0.25) is 0 Å². The standard InChI is InChI=1S/C13H25NO3S/c1-10-5-4-6-11(9-10)18(17)12(13(15)16)7-2-3-8-14/h10-12H,2-9,14H2,1H3,(H,15,16). The highest BCUT2D eigenvalue weighted by Gasteiger charge is 2.32. The second kappa shape index (κ2) is 7.89. The molecule has 0 aromatic heterocycles. The van der Waals surface area contributed by atoms with Gasteiger partial charge in [0.2, 0.25) is 0 Å². The third-order valence-electron chi connectivity index (χ3n) is 3.69. The lowest BCUT2D eigenvalue weighted by atomic mass is 9.91. The van der Waals surface area contributed by atoms with Crippen molar-refractivity contribution in [3.63, 3.8) is 0 Å². The van der Waals surface area contributed by atoms with Crippen molar-refractivity contribution in [2.45, 2.75) is 62.4 Å². The summed E-state index contributed by atoms with van der Waals surface area (Å²) < 4.78 is 12.4. The van der Waals surface area contributed by atoms with Crippen molar-refractivity contribution in [1.82, 2.24) is 0 Å². The molecule has 5 heteroatoms. The quantitative estimate of drug-likeness (QED) is 0.695. The molecular weight excluding hydrogens is 250 g/mol. The minimum atomic E-state index is -1.24. The predicted octanol–water partition coefficient (Wildman–Crippen LogP) is 1.90. The molecule has 0 aliphatic heterocycles. The van der Waals surface area contributed by atoms with Crippen LogP contribution in [-0.2, 0) is 15.6 Å². The maximum atomic E-state index is 12.4. The fourth-order valence-electron chi connectivity index (χ4n) is 2.63. The molecule has 1 rings (SSSR count). The van der Waals surface area contributed by atoms with Crippen molar-refractivity contribution < 1.29 is 14.1 Å². The van der Waals surface area contributed by atoms with Crippen molar-refractivity contribution >= 4 is 16.8 Å². The number of carboxylic acids is 1. The van der Waals surface area contributed by atoms with Gasteiger partial charge in [-0.2, -0.15) is 0 Å². The third kappa shape index (κ3) is 4.69. The number of carboxylic acid groups (broad SMARTS) is 1. The molecule has 1 saturated carbocycles. The largest absolute Gasteiger partial charge is 0.480 e. The van der Waals surface area contributed by atoms with Crippen LogP contribution >= 0.6 is 0 Å². The Morgan fingerprint density at radius 2 is 2.17 bits per heavy atom. The summed E-state index contributed by atoms with van der Waals surface area (Å²) in [5, 5.41) is 8.59. The number of hydrogen-bond donors (Lipinski definition) is 2. The number of hydrogen-bond acceptors (Lipinski definition) is 3. The van der Waals surface area contributed by atoms with E-state index < -0.39 is 22.0 Å². The van der Waals surface area contributed by atoms with Crippen molar-refractivity contribution in [3.05, 3.63) is 0 Å². The van der Waals surface area contributed by atoms with Crippen LogP contribution in [-0.4, -0.2) is 32.3 Å². The first-order valence-corrected chi connectivity index (χ1v) is 8.16. The topological polar surface area (TPSA) is 80.4 Å². The van der Waals surface area contributed by atoms with Crippen LogP contribution in [0.1, 0.15) is 51.9 Å². The van der Waals surface area contributed by atoms with Gasteiger partial charge in [0.1, 0.15) is 5.25 Å². The Morgan fingerprint density at radius 3 is 2.72 bits per heavy atom. The third-order valence-corrected chi connectivity index (χ3v) is 5.78. The van der Waals surface area contributed by atoms with E-state index in [9.17, 15) is 14.1 Å². The molecule has 0 bridgehead atoms. The van der Waals surface area contributed by atoms with E-state index in [-0.39, 0.29) is 5.25 Å². The molecule has 4 unspecified atom stereocenters. The van der Waals surface area contributed by atoms with Crippen LogP contribution in [0.3, 0.4) is 0 Å². The van der Waals surface area contributed by atoms with E-state index in [4.69, 9.17) is 5.73 Å². The number of rotatable bonds is 7. The molecular formula is C13H25NO3S. The van der Waals surface area contributed by atoms with E-state index >= 15 is 0 Å². The Labute approximate surface area is 112 Å². The van der Waals surface area contributed by atoms with E-state index in [1.807, 2.05) is 0 Å². The van der Waals surface area contributed by atoms with Gasteiger partial charge >= 0.3 is 5.97 Å². The van der Waals surface area contributed by atoms with Crippen LogP contribution in [0.15, 0.2) is 0 Å². The molecule has 3 N–H and O–H groups in total. The highest BCUT2D eigenvalue weighted by Crippen LogP contribution is 2.29. The maximum absolute atomic E-state index is 12.4. The highest BCUT2D eigenvalue weighted by molar-refractivity contribution is 7.87. The smallest absolute Gasteiger partial charge is 0.319 e. The summed E-state index contributed by atoms with van der Waals surface area (Å²) in [5.41, 5.74) is 5.40. The monoisotopic (exact) mass is 275 g/mol. The van der Waals surface area contributed by atoms with E-state index in [1.165, 1.54) is 6.42 Å². The number of aliphatic carboxylic acids is 1. The average molecular weight is 275 g/mol. The van der Waals surface area contributed by atoms with Gasteiger partial charge in [0.25, 0.3) is 0 Å². The molecule has 0 heterocycles. The number of unbranched alkanes of at least 4 members (excludes halogenated alkanes) is 1. The number of carbonyl (C=O) groups is 1. The molecule has 1 fully saturated rings. The molecule has 4 atom stereocenters. The van der Waals surface area contributed by atoms with E-state index in [0.29, 0.717) is 18.9 Å². The zero-order valence-corrected chi connectivity index (χ0v) is 12.0. The van der Waals surface area contributed by atoms with Gasteiger partial charge in [-0.05, 0) is 38.1 Å². The van der Waals surface area contributed by atoms with Crippen molar-refractivity contribution in [2.75, 3.05) is 6.54 Å². The lowest BCUT2D eigenvalue weighted by molar-refractivity contribution is -0.136. The minimum absolute atomic E-state index is 0.0766. The van der Waals surface area contributed by atoms with Gasteiger partial charge in [0.05, 0.1) is 0 Å². The second-order valence-electron chi connectivity index (χ2n) is 5.33. The summed E-state index contributed by atoms with van der Waals surface area (Å²) in [6.07, 6.45) is 6.13. The lowest BCUT2D eigenvalue weighted by Crippen LogP contribution is -2.35. The zero-order chi connectivity index (χ0) is 13.5. The van der Waals surface area contributed by atoms with Crippen molar-refractivity contribution in [3.8, 4) is 0 Å². The summed E-state index contributed by atoms with van der Waals surface area (Å²) >= 11 is 0. The van der Waals surface area contributed by atoms with E-state index in [1.54, 1.807) is 0 Å². The molecule has 0 saturated heterocycles. The predicted molar refractivity (Wildman–Crippen MR) is 73.9 cm³/mol. The summed E-state index contributed by atoms with van der Waals surface area (Å²) in [6, 6.07) is 0. The highest BCUT2D eigenvalue weighted by atomic mass is 32.2. The number of nitrogens with two attached hydrogens (primary N) is 1. The van der Waals surface area contributed by atoms with Crippen LogP contribution in [0.25, 0.3) is 0 Å². The van der Waals surface area contributed by atoms with Gasteiger partial charge < -0.3 is 10.8 Å². The Balaban J connectivity index is 2.55. The summed E-state index contributed by atoms with van der Waals surface area (Å²) in [5.74, 6) is -0.338. The maximum Gasteiger partial charge on any atom is 0.319 e. The molecule has 1 aliphatic carbocycles. The summed E-state index contributed by atoms with van der Waals surface area (Å²) in [6.45, 7) is 2.73. The first-order valence-electron chi connectivity index (χ1n) is 6.88. The Hall–Kier alpha value is -0.420. The van der Waals surface area contributed by atoms with E-state index in [0.717, 1.165) is 32.1 Å². The van der Waals surface area contributed by atoms with Crippen molar-refractivity contribution in [2.24, 2.45) is 11.7 Å². The van der Waals surface area contributed by atoms with Gasteiger partial charge in [-0.25, -0.2) is 0 Å². The van der Waals surface area contributed by atoms with Gasteiger partial charge in [0, 0.05) is 16.0 Å². The molecule has 0 spiro atoms. The van der Waals surface area contributed by atoms with Gasteiger partial charge in [-0.3, -0.25) is 9.00 Å². The van der Waals surface area contributed by atoms with Crippen LogP contribution in [0.5, 0.6) is 0 Å². The average Bonchev–Trinajstić information content (AvgIpc) is 2.33. The summed E-state index contributed by atoms with van der Waals surface area (Å²) in [7, 11) is -1.24. The molecule has 0 radical (unpaired) electrons. The SMILES string of the molecule is CC1CCCC(S(=O)C(CCCCN)C(=O)O)C1. The Bertz CT molecular complexity index is 296. The normalized spacial score (nSPS) is 27.7. The van der Waals surface area contributed by atoms with Crippen LogP contribution in [0, 0.1) is 5.92 Å². The first-order chi connectivity index (χ1) is 8.56. The fraction of sp³-hybridized carbons (Fsp3) is 0.923. The van der Waals surface area contributed by atoms with Gasteiger partial charge in [-0.1, -0.05) is 26.2 Å².